The minimum absolute atomic E-state index is 0.0259. The van der Waals surface area contributed by atoms with Crippen LogP contribution in [0.3, 0.4) is 0 Å². The number of hydrogen-bond donors (Lipinski definition) is 2. The van der Waals surface area contributed by atoms with Crippen LogP contribution in [0.2, 0.25) is 5.02 Å². The minimum Gasteiger partial charge on any atom is -0.459 e. The Bertz CT molecular complexity index is 1910. The van der Waals surface area contributed by atoms with Gasteiger partial charge < -0.3 is 14.5 Å². The zero-order chi connectivity index (χ0) is 32.8. The first-order valence-corrected chi connectivity index (χ1v) is 18.0. The third-order valence-electron chi connectivity index (χ3n) is 6.59. The Balaban J connectivity index is 1.41. The molecule has 3 aromatic carbocycles. The molecule has 15 heteroatoms. The Labute approximate surface area is 271 Å². The van der Waals surface area contributed by atoms with Crippen molar-refractivity contribution in [1.29, 1.82) is 0 Å². The van der Waals surface area contributed by atoms with Crippen molar-refractivity contribution in [3.63, 3.8) is 0 Å². The fourth-order valence-corrected chi connectivity index (χ4v) is 8.47. The number of fused-ring (bicyclic) bond motifs is 1. The van der Waals surface area contributed by atoms with E-state index in [1.165, 1.54) is 17.0 Å². The standard InChI is InChI=1S/C30H33ClN4O7S3/c1-4-42-30(37)29(36)35(19-21-8-5-9-22(31)18-21)20-23-14-15-28(43-23)45(40,41)33-17-16-32-44(38,39)27-13-7-10-24-25(27)11-6-12-26(24)34(2)3/h5-15,18,32-33H,4,16-17,19-20H2,1-3H3. The van der Waals surface area contributed by atoms with Gasteiger partial charge >= 0.3 is 11.9 Å². The summed E-state index contributed by atoms with van der Waals surface area (Å²) in [5.41, 5.74) is 1.54. The van der Waals surface area contributed by atoms with E-state index in [0.29, 0.717) is 20.8 Å². The molecule has 0 aliphatic carbocycles. The van der Waals surface area contributed by atoms with E-state index < -0.39 is 31.9 Å². The van der Waals surface area contributed by atoms with Crippen molar-refractivity contribution in [2.24, 2.45) is 0 Å². The summed E-state index contributed by atoms with van der Waals surface area (Å²) in [5, 5.41) is 1.79. The van der Waals surface area contributed by atoms with Crippen LogP contribution in [-0.4, -0.2) is 67.4 Å². The van der Waals surface area contributed by atoms with Gasteiger partial charge in [0.15, 0.2) is 0 Å². The summed E-state index contributed by atoms with van der Waals surface area (Å²) in [7, 11) is -4.21. The van der Waals surface area contributed by atoms with Crippen LogP contribution in [0.25, 0.3) is 10.8 Å². The first-order chi connectivity index (χ1) is 21.3. The zero-order valence-corrected chi connectivity index (χ0v) is 28.0. The fourth-order valence-electron chi connectivity index (χ4n) is 4.56. The van der Waals surface area contributed by atoms with E-state index in [1.807, 2.05) is 31.1 Å². The van der Waals surface area contributed by atoms with Crippen molar-refractivity contribution in [1.82, 2.24) is 14.3 Å². The minimum atomic E-state index is -4.00. The van der Waals surface area contributed by atoms with Gasteiger partial charge in [-0.3, -0.25) is 4.79 Å². The number of halogens is 1. The van der Waals surface area contributed by atoms with E-state index >= 15 is 0 Å². The Morgan fingerprint density at radius 2 is 1.51 bits per heavy atom. The van der Waals surface area contributed by atoms with Crippen molar-refractivity contribution in [2.45, 2.75) is 29.1 Å². The van der Waals surface area contributed by atoms with Gasteiger partial charge in [-0.05, 0) is 48.9 Å². The number of amides is 1. The number of hydrogen-bond acceptors (Lipinski definition) is 9. The molecule has 240 valence electrons. The molecule has 11 nitrogen and oxygen atoms in total. The van der Waals surface area contributed by atoms with Gasteiger partial charge in [0.05, 0.1) is 18.0 Å². The van der Waals surface area contributed by atoms with Gasteiger partial charge in [0.2, 0.25) is 20.0 Å². The van der Waals surface area contributed by atoms with Gasteiger partial charge in [-0.1, -0.05) is 48.0 Å². The third-order valence-corrected chi connectivity index (χ3v) is 11.4. The molecular formula is C30H33ClN4O7S3. The molecule has 1 amide bonds. The van der Waals surface area contributed by atoms with Crippen LogP contribution in [0.15, 0.2) is 81.9 Å². The number of rotatable bonds is 13. The average Bonchev–Trinajstić information content (AvgIpc) is 3.48. The molecule has 0 fully saturated rings. The number of sulfonamides is 2. The first kappa shape index (κ1) is 34.3. The quantitative estimate of drug-likeness (QED) is 0.122. The summed E-state index contributed by atoms with van der Waals surface area (Å²) in [6, 6.07) is 20.2. The average molecular weight is 693 g/mol. The molecule has 4 rings (SSSR count). The molecule has 0 atom stereocenters. The van der Waals surface area contributed by atoms with E-state index in [0.717, 1.165) is 22.4 Å². The molecule has 2 N–H and O–H groups in total. The molecule has 0 saturated carbocycles. The number of nitrogens with one attached hydrogen (secondary N) is 2. The lowest BCUT2D eigenvalue weighted by atomic mass is 10.1. The van der Waals surface area contributed by atoms with Gasteiger partial charge in [-0.15, -0.1) is 11.3 Å². The maximum absolute atomic E-state index is 13.1. The van der Waals surface area contributed by atoms with Crippen molar-refractivity contribution >= 4 is 71.3 Å². The number of carbonyl (C=O) groups is 2. The largest absolute Gasteiger partial charge is 0.459 e. The summed E-state index contributed by atoms with van der Waals surface area (Å²) in [5.74, 6) is -1.89. The van der Waals surface area contributed by atoms with E-state index in [2.05, 4.69) is 9.44 Å². The summed E-state index contributed by atoms with van der Waals surface area (Å²) < 4.78 is 62.0. The highest BCUT2D eigenvalue weighted by atomic mass is 35.5. The van der Waals surface area contributed by atoms with Gasteiger partial charge in [0, 0.05) is 60.1 Å². The van der Waals surface area contributed by atoms with E-state index in [1.54, 1.807) is 55.5 Å². The predicted octanol–water partition coefficient (Wildman–Crippen LogP) is 3.97. The van der Waals surface area contributed by atoms with E-state index in [9.17, 15) is 26.4 Å². The number of nitrogens with zero attached hydrogens (tertiary/aromatic N) is 2. The van der Waals surface area contributed by atoms with Crippen LogP contribution < -0.4 is 14.3 Å². The Hall–Kier alpha value is -3.53. The second-order valence-electron chi connectivity index (χ2n) is 10.1. The monoisotopic (exact) mass is 692 g/mol. The molecule has 4 aromatic rings. The SMILES string of the molecule is CCOC(=O)C(=O)N(Cc1cccc(Cl)c1)Cc1ccc(S(=O)(=O)NCCNS(=O)(=O)c2cccc3c(N(C)C)cccc23)s1. The molecule has 0 radical (unpaired) electrons. The third kappa shape index (κ3) is 8.60. The van der Waals surface area contributed by atoms with Crippen LogP contribution in [-0.2, 0) is 47.5 Å². The molecule has 0 bridgehead atoms. The number of esters is 1. The second-order valence-corrected chi connectivity index (χ2v) is 15.4. The van der Waals surface area contributed by atoms with E-state index in [-0.39, 0.29) is 41.9 Å². The lowest BCUT2D eigenvalue weighted by Gasteiger charge is -2.21. The van der Waals surface area contributed by atoms with Gasteiger partial charge in [0.25, 0.3) is 0 Å². The number of anilines is 1. The summed E-state index contributed by atoms with van der Waals surface area (Å²) in [4.78, 5) is 28.8. The Kier molecular flexibility index (Phi) is 11.2. The van der Waals surface area contributed by atoms with Crippen LogP contribution >= 0.6 is 22.9 Å². The highest BCUT2D eigenvalue weighted by Gasteiger charge is 2.26. The topological polar surface area (TPSA) is 142 Å². The van der Waals surface area contributed by atoms with Crippen molar-refractivity contribution < 1.29 is 31.2 Å². The predicted molar refractivity (Wildman–Crippen MR) is 175 cm³/mol. The first-order valence-electron chi connectivity index (χ1n) is 13.8. The highest BCUT2D eigenvalue weighted by molar-refractivity contribution is 7.91. The number of benzene rings is 3. The van der Waals surface area contributed by atoms with Crippen molar-refractivity contribution in [3.05, 3.63) is 88.3 Å². The number of carbonyl (C=O) groups excluding carboxylic acids is 2. The second kappa shape index (κ2) is 14.7. The zero-order valence-electron chi connectivity index (χ0n) is 24.8. The normalized spacial score (nSPS) is 11.8. The van der Waals surface area contributed by atoms with Crippen LogP contribution in [0.4, 0.5) is 5.69 Å². The fraction of sp³-hybridized carbons (Fsp3) is 0.267. The van der Waals surface area contributed by atoms with E-state index in [4.69, 9.17) is 16.3 Å². The molecule has 0 unspecified atom stereocenters. The van der Waals surface area contributed by atoms with Gasteiger partial charge in [-0.25, -0.2) is 31.1 Å². The maximum Gasteiger partial charge on any atom is 0.397 e. The summed E-state index contributed by atoms with van der Waals surface area (Å²) >= 11 is 7.00. The molecule has 0 aliphatic heterocycles. The molecule has 1 heterocycles. The molecule has 1 aromatic heterocycles. The summed E-state index contributed by atoms with van der Waals surface area (Å²) in [6.07, 6.45) is 0. The van der Waals surface area contributed by atoms with Crippen molar-refractivity contribution in [3.8, 4) is 0 Å². The number of thiophene rings is 1. The number of ether oxygens (including phenoxy) is 1. The Morgan fingerprint density at radius 1 is 0.844 bits per heavy atom. The lowest BCUT2D eigenvalue weighted by Crippen LogP contribution is -2.36. The molecule has 45 heavy (non-hydrogen) atoms. The molecule has 0 spiro atoms. The van der Waals surface area contributed by atoms with Gasteiger partial charge in [-0.2, -0.15) is 0 Å². The van der Waals surface area contributed by atoms with Crippen LogP contribution in [0.5, 0.6) is 0 Å². The van der Waals surface area contributed by atoms with Crippen LogP contribution in [0.1, 0.15) is 17.4 Å². The van der Waals surface area contributed by atoms with Crippen molar-refractivity contribution in [2.75, 3.05) is 38.7 Å². The summed E-state index contributed by atoms with van der Waals surface area (Å²) in [6.45, 7) is 1.22. The van der Waals surface area contributed by atoms with Crippen LogP contribution in [0, 0.1) is 0 Å². The lowest BCUT2D eigenvalue weighted by molar-refractivity contribution is -0.160. The maximum atomic E-state index is 13.1. The Morgan fingerprint density at radius 3 is 2.20 bits per heavy atom. The smallest absolute Gasteiger partial charge is 0.397 e. The highest BCUT2D eigenvalue weighted by Crippen LogP contribution is 2.30. The molecular weight excluding hydrogens is 660 g/mol. The van der Waals surface area contributed by atoms with Gasteiger partial charge in [0.1, 0.15) is 4.21 Å². The molecule has 0 saturated heterocycles. The molecule has 0 aliphatic rings.